The predicted molar refractivity (Wildman–Crippen MR) is 128 cm³/mol. The molecule has 2 N–H and O–H groups in total. The molecule has 0 bridgehead atoms. The Morgan fingerprint density at radius 2 is 1.71 bits per heavy atom. The Hall–Kier alpha value is -4.60. The SMILES string of the molecule is CCOc1cc(/C=N\NC(=O)Nc2ccccc2)ccc1OCCOc1ccc([N+](=O)[O-])cc1. The monoisotopic (exact) mass is 464 g/mol. The molecule has 0 saturated heterocycles. The maximum absolute atomic E-state index is 11.9. The molecule has 3 aromatic rings. The van der Waals surface area contributed by atoms with Gasteiger partial charge in [0.25, 0.3) is 5.69 Å². The molecule has 0 fully saturated rings. The summed E-state index contributed by atoms with van der Waals surface area (Å²) in [4.78, 5) is 22.1. The first-order valence-electron chi connectivity index (χ1n) is 10.5. The summed E-state index contributed by atoms with van der Waals surface area (Å²) >= 11 is 0. The molecule has 0 aliphatic heterocycles. The van der Waals surface area contributed by atoms with Gasteiger partial charge in [-0.05, 0) is 55.0 Å². The molecule has 176 valence electrons. The van der Waals surface area contributed by atoms with Crippen LogP contribution in [0.5, 0.6) is 17.2 Å². The smallest absolute Gasteiger partial charge is 0.339 e. The molecule has 3 rings (SSSR count). The molecule has 0 aliphatic rings. The van der Waals surface area contributed by atoms with Gasteiger partial charge in [0.15, 0.2) is 11.5 Å². The van der Waals surface area contributed by atoms with E-state index in [1.807, 2.05) is 25.1 Å². The van der Waals surface area contributed by atoms with Gasteiger partial charge in [-0.2, -0.15) is 5.10 Å². The van der Waals surface area contributed by atoms with Gasteiger partial charge in [0.2, 0.25) is 0 Å². The summed E-state index contributed by atoms with van der Waals surface area (Å²) < 4.78 is 16.9. The normalized spacial score (nSPS) is 10.5. The number of carbonyl (C=O) groups excluding carboxylic acids is 1. The zero-order valence-electron chi connectivity index (χ0n) is 18.5. The van der Waals surface area contributed by atoms with Gasteiger partial charge in [0.05, 0.1) is 17.7 Å². The van der Waals surface area contributed by atoms with E-state index in [2.05, 4.69) is 15.8 Å². The fourth-order valence-electron chi connectivity index (χ4n) is 2.81. The van der Waals surface area contributed by atoms with Crippen LogP contribution in [0.2, 0.25) is 0 Å². The van der Waals surface area contributed by atoms with Crippen LogP contribution >= 0.6 is 0 Å². The number of non-ortho nitro benzene ring substituents is 1. The van der Waals surface area contributed by atoms with E-state index in [0.29, 0.717) is 35.1 Å². The summed E-state index contributed by atoms with van der Waals surface area (Å²) in [5.74, 6) is 1.56. The van der Waals surface area contributed by atoms with Crippen LogP contribution in [-0.2, 0) is 0 Å². The maximum Gasteiger partial charge on any atom is 0.339 e. The van der Waals surface area contributed by atoms with Gasteiger partial charge in [-0.1, -0.05) is 18.2 Å². The van der Waals surface area contributed by atoms with Gasteiger partial charge in [0, 0.05) is 17.8 Å². The van der Waals surface area contributed by atoms with Gasteiger partial charge in [-0.15, -0.1) is 0 Å². The number of para-hydroxylation sites is 1. The topological polar surface area (TPSA) is 124 Å². The highest BCUT2D eigenvalue weighted by Gasteiger charge is 2.08. The quantitative estimate of drug-likeness (QED) is 0.185. The average molecular weight is 464 g/mol. The minimum atomic E-state index is -0.466. The third-order valence-corrected chi connectivity index (χ3v) is 4.34. The van der Waals surface area contributed by atoms with E-state index >= 15 is 0 Å². The van der Waals surface area contributed by atoms with Gasteiger partial charge >= 0.3 is 6.03 Å². The van der Waals surface area contributed by atoms with Gasteiger partial charge in [-0.25, -0.2) is 10.2 Å². The molecule has 0 radical (unpaired) electrons. The summed E-state index contributed by atoms with van der Waals surface area (Å²) in [5, 5.41) is 17.3. The lowest BCUT2D eigenvalue weighted by molar-refractivity contribution is -0.384. The zero-order valence-corrected chi connectivity index (χ0v) is 18.5. The van der Waals surface area contributed by atoms with Crippen molar-refractivity contribution >= 4 is 23.6 Å². The van der Waals surface area contributed by atoms with Crippen LogP contribution in [0.4, 0.5) is 16.2 Å². The lowest BCUT2D eigenvalue weighted by Gasteiger charge is -2.13. The molecular weight excluding hydrogens is 440 g/mol. The molecule has 0 aliphatic carbocycles. The van der Waals surface area contributed by atoms with Crippen molar-refractivity contribution in [1.29, 1.82) is 0 Å². The Morgan fingerprint density at radius 1 is 0.971 bits per heavy atom. The Balaban J connectivity index is 1.50. The molecule has 0 unspecified atom stereocenters. The Kier molecular flexibility index (Phi) is 8.80. The van der Waals surface area contributed by atoms with Crippen molar-refractivity contribution in [3.63, 3.8) is 0 Å². The third-order valence-electron chi connectivity index (χ3n) is 4.34. The second-order valence-corrected chi connectivity index (χ2v) is 6.78. The molecule has 3 aromatic carbocycles. The van der Waals surface area contributed by atoms with E-state index in [1.54, 1.807) is 30.3 Å². The fraction of sp³-hybridized carbons (Fsp3) is 0.167. The molecule has 0 saturated carbocycles. The van der Waals surface area contributed by atoms with E-state index in [1.165, 1.54) is 30.5 Å². The van der Waals surface area contributed by atoms with E-state index in [0.717, 1.165) is 0 Å². The number of nitrogens with one attached hydrogen (secondary N) is 2. The largest absolute Gasteiger partial charge is 0.490 e. The molecule has 34 heavy (non-hydrogen) atoms. The molecule has 10 nitrogen and oxygen atoms in total. The van der Waals surface area contributed by atoms with Crippen LogP contribution in [0.15, 0.2) is 77.9 Å². The minimum absolute atomic E-state index is 0.000564. The summed E-state index contributed by atoms with van der Waals surface area (Å²) in [6.07, 6.45) is 1.49. The Bertz CT molecular complexity index is 1120. The fourth-order valence-corrected chi connectivity index (χ4v) is 2.81. The zero-order chi connectivity index (χ0) is 24.2. The second-order valence-electron chi connectivity index (χ2n) is 6.78. The first-order valence-corrected chi connectivity index (χ1v) is 10.5. The van der Waals surface area contributed by atoms with Crippen molar-refractivity contribution in [1.82, 2.24) is 5.43 Å². The average Bonchev–Trinajstić information content (AvgIpc) is 2.84. The lowest BCUT2D eigenvalue weighted by Crippen LogP contribution is -2.24. The number of hydrogen-bond donors (Lipinski definition) is 2. The number of anilines is 1. The first-order chi connectivity index (χ1) is 16.5. The summed E-state index contributed by atoms with van der Waals surface area (Å²) in [7, 11) is 0. The Morgan fingerprint density at radius 3 is 2.41 bits per heavy atom. The van der Waals surface area contributed by atoms with Gasteiger partial charge in [-0.3, -0.25) is 10.1 Å². The van der Waals surface area contributed by atoms with Crippen molar-refractivity contribution in [2.45, 2.75) is 6.92 Å². The van der Waals surface area contributed by atoms with Gasteiger partial charge in [0.1, 0.15) is 19.0 Å². The molecular formula is C24H24N4O6. The lowest BCUT2D eigenvalue weighted by atomic mass is 10.2. The number of benzene rings is 3. The standard InChI is InChI=1S/C24H24N4O6/c1-2-32-23-16-18(17-25-27-24(29)26-19-6-4-3-5-7-19)8-13-22(23)34-15-14-33-21-11-9-20(10-12-21)28(30)31/h3-13,16-17H,2,14-15H2,1H3,(H2,26,27,29)/b25-17-. The number of carbonyl (C=O) groups is 1. The summed E-state index contributed by atoms with van der Waals surface area (Å²) in [5.41, 5.74) is 3.77. The maximum atomic E-state index is 11.9. The molecule has 0 aromatic heterocycles. The third kappa shape index (κ3) is 7.52. The number of nitrogens with zero attached hydrogens (tertiary/aromatic N) is 2. The number of amides is 2. The van der Waals surface area contributed by atoms with Crippen molar-refractivity contribution in [2.75, 3.05) is 25.1 Å². The number of rotatable bonds is 11. The first kappa shape index (κ1) is 24.1. The molecule has 10 heteroatoms. The van der Waals surface area contributed by atoms with Gasteiger partial charge < -0.3 is 19.5 Å². The van der Waals surface area contributed by atoms with Crippen LogP contribution < -0.4 is 25.0 Å². The van der Waals surface area contributed by atoms with E-state index in [4.69, 9.17) is 14.2 Å². The molecule has 2 amide bonds. The Labute approximate surface area is 196 Å². The predicted octanol–water partition coefficient (Wildman–Crippen LogP) is 4.61. The van der Waals surface area contributed by atoms with E-state index in [9.17, 15) is 14.9 Å². The molecule has 0 atom stereocenters. The highest BCUT2D eigenvalue weighted by atomic mass is 16.6. The molecule has 0 spiro atoms. The van der Waals surface area contributed by atoms with Crippen LogP contribution in [0.3, 0.4) is 0 Å². The van der Waals surface area contributed by atoms with Crippen LogP contribution in [0.25, 0.3) is 0 Å². The van der Waals surface area contributed by atoms with Crippen LogP contribution in [-0.4, -0.2) is 37.0 Å². The van der Waals surface area contributed by atoms with Crippen LogP contribution in [0.1, 0.15) is 12.5 Å². The molecule has 0 heterocycles. The minimum Gasteiger partial charge on any atom is -0.490 e. The van der Waals surface area contributed by atoms with Crippen molar-refractivity contribution < 1.29 is 23.9 Å². The van der Waals surface area contributed by atoms with E-state index in [-0.39, 0.29) is 18.9 Å². The highest BCUT2D eigenvalue weighted by molar-refractivity contribution is 5.90. The van der Waals surface area contributed by atoms with Crippen molar-refractivity contribution in [3.05, 3.63) is 88.5 Å². The number of nitro benzene ring substituents is 1. The summed E-state index contributed by atoms with van der Waals surface area (Å²) in [6.45, 7) is 2.78. The number of ether oxygens (including phenoxy) is 3. The number of urea groups is 1. The second kappa shape index (κ2) is 12.4. The number of nitro groups is 1. The van der Waals surface area contributed by atoms with Crippen LogP contribution in [0, 0.1) is 10.1 Å². The van der Waals surface area contributed by atoms with Crippen molar-refractivity contribution in [2.24, 2.45) is 5.10 Å². The summed E-state index contributed by atoms with van der Waals surface area (Å²) in [6, 6.07) is 19.7. The van der Waals surface area contributed by atoms with E-state index < -0.39 is 11.0 Å². The number of hydrogen-bond acceptors (Lipinski definition) is 7. The highest BCUT2D eigenvalue weighted by Crippen LogP contribution is 2.28. The van der Waals surface area contributed by atoms with Crippen molar-refractivity contribution in [3.8, 4) is 17.2 Å². The number of hydrazone groups is 1.